The lowest BCUT2D eigenvalue weighted by atomic mass is 9.87. The second-order valence-corrected chi connectivity index (χ2v) is 7.66. The van der Waals surface area contributed by atoms with Crippen molar-refractivity contribution in [2.75, 3.05) is 11.9 Å². The molecule has 2 aromatic carbocycles. The van der Waals surface area contributed by atoms with E-state index >= 15 is 0 Å². The van der Waals surface area contributed by atoms with Crippen molar-refractivity contribution in [1.82, 2.24) is 9.78 Å². The zero-order chi connectivity index (χ0) is 21.0. The van der Waals surface area contributed by atoms with E-state index in [1.165, 1.54) is 10.9 Å². The standard InChI is InChI=1S/C23H25N3O3/c1-5-29-22(28)19-15-24-26(18-9-7-6-8-10-18)20(19)25-21(27)16-11-13-17(14-12-16)23(2,3)4/h6-15H,5H2,1-4H3,(H,25,27). The molecule has 3 rings (SSSR count). The van der Waals surface area contributed by atoms with Crippen molar-refractivity contribution < 1.29 is 14.3 Å². The molecule has 0 unspecified atom stereocenters. The van der Waals surface area contributed by atoms with E-state index in [1.807, 2.05) is 42.5 Å². The van der Waals surface area contributed by atoms with Crippen molar-refractivity contribution in [3.8, 4) is 5.69 Å². The summed E-state index contributed by atoms with van der Waals surface area (Å²) in [6.07, 6.45) is 1.41. The van der Waals surface area contributed by atoms with Gasteiger partial charge in [-0.2, -0.15) is 5.10 Å². The molecular formula is C23H25N3O3. The zero-order valence-corrected chi connectivity index (χ0v) is 17.1. The fourth-order valence-corrected chi connectivity index (χ4v) is 2.89. The van der Waals surface area contributed by atoms with Crippen LogP contribution in [0.5, 0.6) is 0 Å². The molecule has 150 valence electrons. The summed E-state index contributed by atoms with van der Waals surface area (Å²) in [4.78, 5) is 25.2. The molecule has 6 heteroatoms. The van der Waals surface area contributed by atoms with E-state index in [-0.39, 0.29) is 29.3 Å². The summed E-state index contributed by atoms with van der Waals surface area (Å²) in [5, 5.41) is 7.12. The summed E-state index contributed by atoms with van der Waals surface area (Å²) in [5.41, 5.74) is 2.55. The van der Waals surface area contributed by atoms with Gasteiger partial charge in [0, 0.05) is 5.56 Å². The van der Waals surface area contributed by atoms with Gasteiger partial charge in [-0.05, 0) is 42.2 Å². The van der Waals surface area contributed by atoms with Crippen LogP contribution in [0.1, 0.15) is 54.0 Å². The van der Waals surface area contributed by atoms with Crippen molar-refractivity contribution in [1.29, 1.82) is 0 Å². The fraction of sp³-hybridized carbons (Fsp3) is 0.261. The predicted octanol–water partition coefficient (Wildman–Crippen LogP) is 4.60. The van der Waals surface area contributed by atoms with E-state index in [1.54, 1.807) is 19.1 Å². The Morgan fingerprint density at radius 2 is 1.69 bits per heavy atom. The molecule has 1 heterocycles. The SMILES string of the molecule is CCOC(=O)c1cnn(-c2ccccc2)c1NC(=O)c1ccc(C(C)(C)C)cc1. The van der Waals surface area contributed by atoms with Crippen molar-refractivity contribution in [3.05, 3.63) is 77.5 Å². The smallest absolute Gasteiger partial charge is 0.343 e. The van der Waals surface area contributed by atoms with Crippen molar-refractivity contribution in [2.45, 2.75) is 33.1 Å². The third-order valence-corrected chi connectivity index (χ3v) is 4.51. The lowest BCUT2D eigenvalue weighted by Crippen LogP contribution is -2.18. The van der Waals surface area contributed by atoms with Crippen LogP contribution in [-0.2, 0) is 10.2 Å². The van der Waals surface area contributed by atoms with Crippen LogP contribution in [0.3, 0.4) is 0 Å². The summed E-state index contributed by atoms with van der Waals surface area (Å²) < 4.78 is 6.64. The van der Waals surface area contributed by atoms with Crippen LogP contribution < -0.4 is 5.32 Å². The molecule has 0 spiro atoms. The molecule has 0 aliphatic carbocycles. The van der Waals surface area contributed by atoms with Crippen LogP contribution in [-0.4, -0.2) is 28.3 Å². The normalized spacial score (nSPS) is 11.2. The monoisotopic (exact) mass is 391 g/mol. The maximum Gasteiger partial charge on any atom is 0.343 e. The lowest BCUT2D eigenvalue weighted by molar-refractivity contribution is 0.0527. The van der Waals surface area contributed by atoms with Crippen LogP contribution in [0.4, 0.5) is 5.82 Å². The molecule has 0 bridgehead atoms. The van der Waals surface area contributed by atoms with Crippen molar-refractivity contribution in [2.24, 2.45) is 0 Å². The Balaban J connectivity index is 1.95. The predicted molar refractivity (Wildman–Crippen MR) is 113 cm³/mol. The Morgan fingerprint density at radius 3 is 2.28 bits per heavy atom. The molecule has 0 atom stereocenters. The van der Waals surface area contributed by atoms with E-state index in [2.05, 4.69) is 31.2 Å². The number of aromatic nitrogens is 2. The summed E-state index contributed by atoms with van der Waals surface area (Å²) in [6, 6.07) is 16.7. The van der Waals surface area contributed by atoms with E-state index in [0.717, 1.165) is 11.3 Å². The minimum absolute atomic E-state index is 0.00197. The first-order chi connectivity index (χ1) is 13.8. The zero-order valence-electron chi connectivity index (χ0n) is 17.1. The molecule has 0 radical (unpaired) electrons. The minimum atomic E-state index is -0.534. The fourth-order valence-electron chi connectivity index (χ4n) is 2.89. The number of hydrogen-bond donors (Lipinski definition) is 1. The van der Waals surface area contributed by atoms with Gasteiger partial charge < -0.3 is 10.1 Å². The highest BCUT2D eigenvalue weighted by atomic mass is 16.5. The summed E-state index contributed by atoms with van der Waals surface area (Å²) >= 11 is 0. The first kappa shape index (κ1) is 20.3. The van der Waals surface area contributed by atoms with Gasteiger partial charge in [-0.25, -0.2) is 9.48 Å². The number of para-hydroxylation sites is 1. The van der Waals surface area contributed by atoms with Crippen LogP contribution in [0, 0.1) is 0 Å². The number of anilines is 1. The highest BCUT2D eigenvalue weighted by molar-refractivity contribution is 6.07. The molecule has 1 N–H and O–H groups in total. The third-order valence-electron chi connectivity index (χ3n) is 4.51. The van der Waals surface area contributed by atoms with Gasteiger partial charge in [0.15, 0.2) is 5.82 Å². The molecule has 6 nitrogen and oxygen atoms in total. The van der Waals surface area contributed by atoms with Gasteiger partial charge in [0.1, 0.15) is 5.56 Å². The Bertz CT molecular complexity index is 1000. The number of nitrogens with one attached hydrogen (secondary N) is 1. The summed E-state index contributed by atoms with van der Waals surface area (Å²) in [7, 11) is 0. The number of ether oxygens (including phenoxy) is 1. The van der Waals surface area contributed by atoms with Gasteiger partial charge >= 0.3 is 5.97 Å². The maximum atomic E-state index is 12.9. The Kier molecular flexibility index (Phi) is 5.82. The number of amides is 1. The van der Waals surface area contributed by atoms with Crippen LogP contribution >= 0.6 is 0 Å². The lowest BCUT2D eigenvalue weighted by Gasteiger charge is -2.19. The molecule has 1 aromatic heterocycles. The minimum Gasteiger partial charge on any atom is -0.462 e. The quantitative estimate of drug-likeness (QED) is 0.645. The van der Waals surface area contributed by atoms with E-state index in [0.29, 0.717) is 5.56 Å². The second-order valence-electron chi connectivity index (χ2n) is 7.66. The van der Waals surface area contributed by atoms with Gasteiger partial charge in [0.25, 0.3) is 5.91 Å². The van der Waals surface area contributed by atoms with Gasteiger partial charge in [-0.15, -0.1) is 0 Å². The highest BCUT2D eigenvalue weighted by Crippen LogP contribution is 2.24. The number of esters is 1. The average molecular weight is 391 g/mol. The molecule has 0 aliphatic rings. The summed E-state index contributed by atoms with van der Waals surface area (Å²) in [5.74, 6) is -0.582. The first-order valence-electron chi connectivity index (χ1n) is 9.53. The van der Waals surface area contributed by atoms with Crippen LogP contribution in [0.2, 0.25) is 0 Å². The van der Waals surface area contributed by atoms with Gasteiger partial charge in [0.05, 0.1) is 18.5 Å². The summed E-state index contributed by atoms with van der Waals surface area (Å²) in [6.45, 7) is 8.32. The topological polar surface area (TPSA) is 73.2 Å². The molecule has 0 fully saturated rings. The molecule has 3 aromatic rings. The van der Waals surface area contributed by atoms with E-state index < -0.39 is 5.97 Å². The van der Waals surface area contributed by atoms with Crippen LogP contribution in [0.15, 0.2) is 60.8 Å². The van der Waals surface area contributed by atoms with Gasteiger partial charge in [0.2, 0.25) is 0 Å². The number of carbonyl (C=O) groups excluding carboxylic acids is 2. The Labute approximate surface area is 170 Å². The molecule has 0 saturated carbocycles. The van der Waals surface area contributed by atoms with E-state index in [9.17, 15) is 9.59 Å². The molecular weight excluding hydrogens is 366 g/mol. The number of nitrogens with zero attached hydrogens (tertiary/aromatic N) is 2. The third kappa shape index (κ3) is 4.54. The number of hydrogen-bond acceptors (Lipinski definition) is 4. The van der Waals surface area contributed by atoms with Gasteiger partial charge in [-0.3, -0.25) is 4.79 Å². The largest absolute Gasteiger partial charge is 0.462 e. The average Bonchev–Trinajstić information content (AvgIpc) is 3.12. The first-order valence-corrected chi connectivity index (χ1v) is 9.53. The Morgan fingerprint density at radius 1 is 1.03 bits per heavy atom. The van der Waals surface area contributed by atoms with Crippen LogP contribution in [0.25, 0.3) is 5.69 Å². The number of carbonyl (C=O) groups is 2. The number of rotatable bonds is 5. The number of benzene rings is 2. The molecule has 0 saturated heterocycles. The Hall–Kier alpha value is -3.41. The highest BCUT2D eigenvalue weighted by Gasteiger charge is 2.22. The van der Waals surface area contributed by atoms with E-state index in [4.69, 9.17) is 4.74 Å². The molecule has 0 aliphatic heterocycles. The molecule has 1 amide bonds. The maximum absolute atomic E-state index is 12.9. The second kappa shape index (κ2) is 8.31. The van der Waals surface area contributed by atoms with Gasteiger partial charge in [-0.1, -0.05) is 51.1 Å². The molecule has 29 heavy (non-hydrogen) atoms. The van der Waals surface area contributed by atoms with Crippen molar-refractivity contribution in [3.63, 3.8) is 0 Å². The van der Waals surface area contributed by atoms with Crippen molar-refractivity contribution >= 4 is 17.7 Å².